The molecule has 0 aromatic heterocycles. The number of rotatable bonds is 2. The molecular formula is C17H16ClNO2. The Morgan fingerprint density at radius 2 is 1.90 bits per heavy atom. The minimum absolute atomic E-state index is 0.0717. The number of aliphatic hydroxyl groups excluding tert-OH is 1. The zero-order chi connectivity index (χ0) is 15.0. The van der Waals surface area contributed by atoms with Gasteiger partial charge in [-0.3, -0.25) is 4.79 Å². The third-order valence-corrected chi connectivity index (χ3v) is 4.30. The van der Waals surface area contributed by atoms with Gasteiger partial charge in [-0.2, -0.15) is 0 Å². The fourth-order valence-electron chi connectivity index (χ4n) is 2.63. The maximum Gasteiger partial charge on any atom is 0.251 e. The molecule has 0 spiro atoms. The van der Waals surface area contributed by atoms with Crippen LogP contribution in [0.2, 0.25) is 5.02 Å². The molecule has 3 rings (SSSR count). The molecule has 1 heterocycles. The molecule has 2 aromatic rings. The van der Waals surface area contributed by atoms with E-state index in [9.17, 15) is 9.90 Å². The van der Waals surface area contributed by atoms with Crippen LogP contribution in [-0.2, 0) is 6.42 Å². The second kappa shape index (κ2) is 5.51. The van der Waals surface area contributed by atoms with E-state index in [1.807, 2.05) is 25.1 Å². The molecule has 2 N–H and O–H groups in total. The number of hydrogen-bond donors (Lipinski definition) is 2. The van der Waals surface area contributed by atoms with Crippen LogP contribution >= 0.6 is 11.6 Å². The molecule has 0 saturated heterocycles. The van der Waals surface area contributed by atoms with E-state index in [0.717, 1.165) is 23.1 Å². The molecule has 1 unspecified atom stereocenters. The van der Waals surface area contributed by atoms with Crippen molar-refractivity contribution in [3.63, 3.8) is 0 Å². The number of aliphatic hydroxyl groups is 1. The Labute approximate surface area is 128 Å². The van der Waals surface area contributed by atoms with Gasteiger partial charge in [-0.15, -0.1) is 0 Å². The molecule has 0 aliphatic carbocycles. The summed E-state index contributed by atoms with van der Waals surface area (Å²) in [6.07, 6.45) is 0.0679. The van der Waals surface area contributed by atoms with Gasteiger partial charge in [0.15, 0.2) is 0 Å². The SMILES string of the molecule is Cc1cc(C(O)c2ccc3c(c2)C(=O)NCC3)ccc1Cl. The van der Waals surface area contributed by atoms with Gasteiger partial charge in [0.25, 0.3) is 5.91 Å². The van der Waals surface area contributed by atoms with Crippen LogP contribution < -0.4 is 5.32 Å². The zero-order valence-corrected chi connectivity index (χ0v) is 12.4. The Bertz CT molecular complexity index is 712. The van der Waals surface area contributed by atoms with Gasteiger partial charge in [0, 0.05) is 17.1 Å². The fraction of sp³-hybridized carbons (Fsp3) is 0.235. The van der Waals surface area contributed by atoms with E-state index >= 15 is 0 Å². The number of hydrogen-bond acceptors (Lipinski definition) is 2. The summed E-state index contributed by atoms with van der Waals surface area (Å²) < 4.78 is 0. The predicted octanol–water partition coefficient (Wildman–Crippen LogP) is 3.02. The van der Waals surface area contributed by atoms with E-state index in [1.54, 1.807) is 18.2 Å². The lowest BCUT2D eigenvalue weighted by molar-refractivity contribution is 0.0945. The number of benzene rings is 2. The minimum Gasteiger partial charge on any atom is -0.384 e. The largest absolute Gasteiger partial charge is 0.384 e. The Kier molecular flexibility index (Phi) is 3.70. The smallest absolute Gasteiger partial charge is 0.251 e. The maximum atomic E-state index is 11.9. The summed E-state index contributed by atoms with van der Waals surface area (Å²) in [6.45, 7) is 2.57. The Hall–Kier alpha value is -1.84. The van der Waals surface area contributed by atoms with Gasteiger partial charge >= 0.3 is 0 Å². The molecule has 0 fully saturated rings. The molecular weight excluding hydrogens is 286 g/mol. The molecule has 2 aromatic carbocycles. The van der Waals surface area contributed by atoms with E-state index in [-0.39, 0.29) is 5.91 Å². The molecule has 21 heavy (non-hydrogen) atoms. The number of carbonyl (C=O) groups excluding carboxylic acids is 1. The van der Waals surface area contributed by atoms with Crippen molar-refractivity contribution in [1.82, 2.24) is 5.32 Å². The summed E-state index contributed by atoms with van der Waals surface area (Å²) in [4.78, 5) is 11.9. The molecule has 1 amide bonds. The second-order valence-electron chi connectivity index (χ2n) is 5.33. The van der Waals surface area contributed by atoms with E-state index in [0.29, 0.717) is 22.7 Å². The van der Waals surface area contributed by atoms with Crippen LogP contribution in [0.5, 0.6) is 0 Å². The number of halogens is 1. The first-order chi connectivity index (χ1) is 10.1. The normalized spacial score (nSPS) is 15.3. The summed E-state index contributed by atoms with van der Waals surface area (Å²) in [6, 6.07) is 11.0. The number of fused-ring (bicyclic) bond motifs is 1. The Morgan fingerprint density at radius 3 is 2.67 bits per heavy atom. The Balaban J connectivity index is 1.98. The predicted molar refractivity (Wildman–Crippen MR) is 82.7 cm³/mol. The highest BCUT2D eigenvalue weighted by Crippen LogP contribution is 2.27. The van der Waals surface area contributed by atoms with E-state index in [1.165, 1.54) is 0 Å². The molecule has 3 nitrogen and oxygen atoms in total. The number of carbonyl (C=O) groups is 1. The van der Waals surface area contributed by atoms with Crippen molar-refractivity contribution >= 4 is 17.5 Å². The van der Waals surface area contributed by atoms with Gasteiger partial charge in [0.2, 0.25) is 0 Å². The molecule has 1 atom stereocenters. The third kappa shape index (κ3) is 2.67. The molecule has 0 bridgehead atoms. The molecule has 0 saturated carbocycles. The molecule has 1 aliphatic heterocycles. The molecule has 108 valence electrons. The van der Waals surface area contributed by atoms with Crippen molar-refractivity contribution in [3.8, 4) is 0 Å². The van der Waals surface area contributed by atoms with Gasteiger partial charge in [0.05, 0.1) is 0 Å². The van der Waals surface area contributed by atoms with E-state index in [2.05, 4.69) is 5.32 Å². The first kappa shape index (κ1) is 14.1. The van der Waals surface area contributed by atoms with Crippen molar-refractivity contribution < 1.29 is 9.90 Å². The van der Waals surface area contributed by atoms with Crippen LogP contribution in [0.4, 0.5) is 0 Å². The first-order valence-electron chi connectivity index (χ1n) is 6.91. The first-order valence-corrected chi connectivity index (χ1v) is 7.29. The maximum absolute atomic E-state index is 11.9. The molecule has 1 aliphatic rings. The number of nitrogens with one attached hydrogen (secondary N) is 1. The van der Waals surface area contributed by atoms with Crippen molar-refractivity contribution in [3.05, 3.63) is 69.2 Å². The van der Waals surface area contributed by atoms with Gasteiger partial charge in [0.1, 0.15) is 6.10 Å². The van der Waals surface area contributed by atoms with Crippen molar-refractivity contribution in [2.45, 2.75) is 19.4 Å². The highest BCUT2D eigenvalue weighted by atomic mass is 35.5. The number of amides is 1. The second-order valence-corrected chi connectivity index (χ2v) is 5.74. The third-order valence-electron chi connectivity index (χ3n) is 3.87. The average Bonchev–Trinajstić information content (AvgIpc) is 2.49. The van der Waals surface area contributed by atoms with Crippen LogP contribution in [0.25, 0.3) is 0 Å². The van der Waals surface area contributed by atoms with Crippen LogP contribution in [0.1, 0.15) is 38.7 Å². The fourth-order valence-corrected chi connectivity index (χ4v) is 2.75. The standard InChI is InChI=1S/C17H16ClNO2/c1-10-8-12(4-5-15(10)18)16(20)13-3-2-11-6-7-19-17(21)14(11)9-13/h2-5,8-9,16,20H,6-7H2,1H3,(H,19,21). The minimum atomic E-state index is -0.763. The van der Waals surface area contributed by atoms with Crippen molar-refractivity contribution in [1.29, 1.82) is 0 Å². The van der Waals surface area contributed by atoms with E-state index in [4.69, 9.17) is 11.6 Å². The average molecular weight is 302 g/mol. The quantitative estimate of drug-likeness (QED) is 0.896. The summed E-state index contributed by atoms with van der Waals surface area (Å²) >= 11 is 6.01. The number of aryl methyl sites for hydroxylation is 1. The molecule has 4 heteroatoms. The van der Waals surface area contributed by atoms with Crippen molar-refractivity contribution in [2.75, 3.05) is 6.54 Å². The van der Waals surface area contributed by atoms with Crippen LogP contribution in [0.3, 0.4) is 0 Å². The zero-order valence-electron chi connectivity index (χ0n) is 11.7. The highest BCUT2D eigenvalue weighted by molar-refractivity contribution is 6.31. The van der Waals surface area contributed by atoms with Crippen LogP contribution in [0, 0.1) is 6.92 Å². The van der Waals surface area contributed by atoms with Gasteiger partial charge < -0.3 is 10.4 Å². The monoisotopic (exact) mass is 301 g/mol. The lowest BCUT2D eigenvalue weighted by Crippen LogP contribution is -2.31. The summed E-state index contributed by atoms with van der Waals surface area (Å²) in [5.74, 6) is -0.0717. The summed E-state index contributed by atoms with van der Waals surface area (Å²) in [5.41, 5.74) is 4.09. The van der Waals surface area contributed by atoms with Crippen molar-refractivity contribution in [2.24, 2.45) is 0 Å². The Morgan fingerprint density at radius 1 is 1.19 bits per heavy atom. The highest BCUT2D eigenvalue weighted by Gasteiger charge is 2.19. The van der Waals surface area contributed by atoms with Gasteiger partial charge in [-0.1, -0.05) is 35.9 Å². The summed E-state index contributed by atoms with van der Waals surface area (Å²) in [5, 5.41) is 14.0. The van der Waals surface area contributed by atoms with Crippen LogP contribution in [0.15, 0.2) is 36.4 Å². The van der Waals surface area contributed by atoms with E-state index < -0.39 is 6.10 Å². The lowest BCUT2D eigenvalue weighted by atomic mass is 9.93. The topological polar surface area (TPSA) is 49.3 Å². The van der Waals surface area contributed by atoms with Crippen LogP contribution in [-0.4, -0.2) is 17.6 Å². The summed E-state index contributed by atoms with van der Waals surface area (Å²) in [7, 11) is 0. The van der Waals surface area contributed by atoms with Gasteiger partial charge in [-0.25, -0.2) is 0 Å². The lowest BCUT2D eigenvalue weighted by Gasteiger charge is -2.19. The molecule has 0 radical (unpaired) electrons. The van der Waals surface area contributed by atoms with Gasteiger partial charge in [-0.05, 0) is 47.7 Å².